The fourth-order valence-corrected chi connectivity index (χ4v) is 2.58. The highest BCUT2D eigenvalue weighted by molar-refractivity contribution is 5.30. The zero-order valence-corrected chi connectivity index (χ0v) is 9.39. The fourth-order valence-electron chi connectivity index (χ4n) is 2.58. The van der Waals surface area contributed by atoms with Gasteiger partial charge in [-0.05, 0) is 18.8 Å². The first-order valence-corrected chi connectivity index (χ1v) is 6.07. The molecule has 1 N–H and O–H groups in total. The van der Waals surface area contributed by atoms with E-state index in [0.717, 1.165) is 36.7 Å². The van der Waals surface area contributed by atoms with E-state index < -0.39 is 0 Å². The van der Waals surface area contributed by atoms with Gasteiger partial charge in [0.1, 0.15) is 6.33 Å². The van der Waals surface area contributed by atoms with E-state index in [1.807, 2.05) is 0 Å². The Morgan fingerprint density at radius 1 is 1.38 bits per heavy atom. The van der Waals surface area contributed by atoms with Crippen LogP contribution < -0.4 is 0 Å². The van der Waals surface area contributed by atoms with Crippen molar-refractivity contribution < 1.29 is 5.11 Å². The molecule has 2 heterocycles. The largest absolute Gasteiger partial charge is 0.493 e. The Morgan fingerprint density at radius 3 is 3.00 bits per heavy atom. The van der Waals surface area contributed by atoms with Gasteiger partial charge in [0.15, 0.2) is 0 Å². The molecule has 4 heteroatoms. The van der Waals surface area contributed by atoms with Crippen LogP contribution in [0.3, 0.4) is 0 Å². The van der Waals surface area contributed by atoms with Crippen LogP contribution >= 0.6 is 0 Å². The molecule has 0 amide bonds. The third-order valence-electron chi connectivity index (χ3n) is 3.80. The topological polar surface area (TPSA) is 49.3 Å². The lowest BCUT2D eigenvalue weighted by molar-refractivity contribution is 0.162. The van der Waals surface area contributed by atoms with Crippen LogP contribution in [0.4, 0.5) is 0 Å². The van der Waals surface area contributed by atoms with Crippen LogP contribution in [0.25, 0.3) is 0 Å². The standard InChI is InChI=1S/C12H17N3O/c16-12-10-7-15(6-9-2-1-3-9)5-4-11(10)13-8-14-12/h8-9H,1-7H2,(H,13,14,16). The van der Waals surface area contributed by atoms with E-state index in [0.29, 0.717) is 0 Å². The molecule has 3 rings (SSSR count). The molecule has 1 fully saturated rings. The first-order valence-electron chi connectivity index (χ1n) is 6.07. The number of hydrogen-bond donors (Lipinski definition) is 1. The predicted octanol–water partition coefficient (Wildman–Crippen LogP) is 1.34. The second kappa shape index (κ2) is 4.01. The van der Waals surface area contributed by atoms with E-state index in [4.69, 9.17) is 0 Å². The van der Waals surface area contributed by atoms with Gasteiger partial charge in [-0.3, -0.25) is 4.90 Å². The normalized spacial score (nSPS) is 21.5. The monoisotopic (exact) mass is 219 g/mol. The number of fused-ring (bicyclic) bond motifs is 1. The summed E-state index contributed by atoms with van der Waals surface area (Å²) in [5, 5.41) is 9.70. The molecule has 2 aliphatic rings. The molecule has 0 unspecified atom stereocenters. The van der Waals surface area contributed by atoms with Gasteiger partial charge in [0.2, 0.25) is 5.88 Å². The Balaban J connectivity index is 1.72. The minimum absolute atomic E-state index is 0.170. The van der Waals surface area contributed by atoms with Crippen molar-refractivity contribution >= 4 is 0 Å². The molecule has 1 aliphatic carbocycles. The van der Waals surface area contributed by atoms with Crippen molar-refractivity contribution in [2.45, 2.75) is 32.2 Å². The van der Waals surface area contributed by atoms with E-state index >= 15 is 0 Å². The lowest BCUT2D eigenvalue weighted by atomic mass is 9.84. The van der Waals surface area contributed by atoms with Gasteiger partial charge >= 0.3 is 0 Å². The Labute approximate surface area is 95.3 Å². The van der Waals surface area contributed by atoms with E-state index in [9.17, 15) is 5.11 Å². The average molecular weight is 219 g/mol. The van der Waals surface area contributed by atoms with Crippen LogP contribution in [0, 0.1) is 5.92 Å². The number of nitrogens with zero attached hydrogens (tertiary/aromatic N) is 3. The Kier molecular flexibility index (Phi) is 2.52. The maximum Gasteiger partial charge on any atom is 0.218 e. The summed E-state index contributed by atoms with van der Waals surface area (Å²) in [7, 11) is 0. The molecule has 0 radical (unpaired) electrons. The second-order valence-corrected chi connectivity index (χ2v) is 4.90. The Hall–Kier alpha value is -1.16. The first-order chi connectivity index (χ1) is 7.83. The van der Waals surface area contributed by atoms with E-state index in [2.05, 4.69) is 14.9 Å². The average Bonchev–Trinajstić information content (AvgIpc) is 2.24. The van der Waals surface area contributed by atoms with Gasteiger partial charge in [0, 0.05) is 31.6 Å². The molecule has 0 bridgehead atoms. The summed E-state index contributed by atoms with van der Waals surface area (Å²) in [4.78, 5) is 10.5. The maximum absolute atomic E-state index is 9.70. The number of aromatic nitrogens is 2. The van der Waals surface area contributed by atoms with Gasteiger partial charge in [-0.1, -0.05) is 6.42 Å². The van der Waals surface area contributed by atoms with Gasteiger partial charge in [0.05, 0.1) is 5.69 Å². The van der Waals surface area contributed by atoms with E-state index in [-0.39, 0.29) is 5.88 Å². The first kappa shape index (κ1) is 10.0. The van der Waals surface area contributed by atoms with Crippen molar-refractivity contribution in [2.75, 3.05) is 13.1 Å². The van der Waals surface area contributed by atoms with Crippen molar-refractivity contribution in [3.05, 3.63) is 17.6 Å². The molecular weight excluding hydrogens is 202 g/mol. The van der Waals surface area contributed by atoms with Gasteiger partial charge < -0.3 is 5.11 Å². The van der Waals surface area contributed by atoms with Crippen LogP contribution in [-0.4, -0.2) is 33.1 Å². The van der Waals surface area contributed by atoms with Gasteiger partial charge in [0.25, 0.3) is 0 Å². The SMILES string of the molecule is Oc1ncnc2c1CN(CC1CCC1)CC2. The summed E-state index contributed by atoms with van der Waals surface area (Å²) >= 11 is 0. The molecule has 0 saturated heterocycles. The summed E-state index contributed by atoms with van der Waals surface area (Å²) in [6.07, 6.45) is 6.54. The highest BCUT2D eigenvalue weighted by atomic mass is 16.3. The molecule has 1 saturated carbocycles. The molecule has 1 aromatic heterocycles. The van der Waals surface area contributed by atoms with E-state index in [1.165, 1.54) is 32.1 Å². The number of hydrogen-bond acceptors (Lipinski definition) is 4. The molecule has 16 heavy (non-hydrogen) atoms. The Morgan fingerprint density at radius 2 is 2.25 bits per heavy atom. The van der Waals surface area contributed by atoms with Crippen LogP contribution in [0.15, 0.2) is 6.33 Å². The maximum atomic E-state index is 9.70. The minimum atomic E-state index is 0.170. The summed E-state index contributed by atoms with van der Waals surface area (Å²) < 4.78 is 0. The van der Waals surface area contributed by atoms with Crippen molar-refractivity contribution in [2.24, 2.45) is 5.92 Å². The highest BCUT2D eigenvalue weighted by Gasteiger charge is 2.25. The summed E-state index contributed by atoms with van der Waals surface area (Å²) in [6.45, 7) is 3.06. The van der Waals surface area contributed by atoms with Crippen LogP contribution in [0.5, 0.6) is 5.88 Å². The van der Waals surface area contributed by atoms with Crippen LogP contribution in [0.1, 0.15) is 30.5 Å². The molecule has 0 spiro atoms. The Bertz CT molecular complexity index is 390. The third kappa shape index (κ3) is 1.78. The molecule has 0 atom stereocenters. The van der Waals surface area contributed by atoms with Gasteiger partial charge in [-0.2, -0.15) is 0 Å². The second-order valence-electron chi connectivity index (χ2n) is 4.90. The zero-order valence-electron chi connectivity index (χ0n) is 9.39. The van der Waals surface area contributed by atoms with Crippen molar-refractivity contribution in [1.82, 2.24) is 14.9 Å². The van der Waals surface area contributed by atoms with Crippen LogP contribution in [0.2, 0.25) is 0 Å². The molecule has 86 valence electrons. The predicted molar refractivity (Wildman–Crippen MR) is 60.0 cm³/mol. The fraction of sp³-hybridized carbons (Fsp3) is 0.667. The number of aromatic hydroxyl groups is 1. The highest BCUT2D eigenvalue weighted by Crippen LogP contribution is 2.30. The minimum Gasteiger partial charge on any atom is -0.493 e. The van der Waals surface area contributed by atoms with Crippen molar-refractivity contribution in [3.63, 3.8) is 0 Å². The third-order valence-corrected chi connectivity index (χ3v) is 3.80. The molecule has 1 aliphatic heterocycles. The molecule has 4 nitrogen and oxygen atoms in total. The van der Waals surface area contributed by atoms with Crippen LogP contribution in [-0.2, 0) is 13.0 Å². The van der Waals surface area contributed by atoms with Gasteiger partial charge in [-0.25, -0.2) is 9.97 Å². The molecule has 1 aromatic rings. The van der Waals surface area contributed by atoms with Crippen molar-refractivity contribution in [1.29, 1.82) is 0 Å². The van der Waals surface area contributed by atoms with E-state index in [1.54, 1.807) is 0 Å². The quantitative estimate of drug-likeness (QED) is 0.815. The van der Waals surface area contributed by atoms with Gasteiger partial charge in [-0.15, -0.1) is 0 Å². The smallest absolute Gasteiger partial charge is 0.218 e. The lowest BCUT2D eigenvalue weighted by Gasteiger charge is -2.34. The summed E-state index contributed by atoms with van der Waals surface area (Å²) in [6, 6.07) is 0. The summed E-state index contributed by atoms with van der Waals surface area (Å²) in [5.41, 5.74) is 1.96. The number of rotatable bonds is 2. The lowest BCUT2D eigenvalue weighted by Crippen LogP contribution is -2.36. The zero-order chi connectivity index (χ0) is 11.0. The molecule has 0 aromatic carbocycles. The summed E-state index contributed by atoms with van der Waals surface area (Å²) in [5.74, 6) is 1.05. The molecular formula is C12H17N3O. The van der Waals surface area contributed by atoms with Crippen molar-refractivity contribution in [3.8, 4) is 5.88 Å².